The molecule has 0 aliphatic carbocycles. The van der Waals surface area contributed by atoms with Crippen LogP contribution in [0.5, 0.6) is 0 Å². The topological polar surface area (TPSA) is 52.0 Å². The summed E-state index contributed by atoms with van der Waals surface area (Å²) in [6.45, 7) is 4.02. The molecule has 0 saturated heterocycles. The predicted octanol–water partition coefficient (Wildman–Crippen LogP) is 4.37. The Morgan fingerprint density at radius 3 is 1.53 bits per heavy atom. The molecule has 0 fully saturated rings. The fourth-order valence-corrected chi connectivity index (χ4v) is 2.64. The molecule has 2 aromatic rings. The molecule has 2 rings (SSSR count). The van der Waals surface area contributed by atoms with Crippen molar-refractivity contribution >= 4 is 34.6 Å². The summed E-state index contributed by atoms with van der Waals surface area (Å²) in [4.78, 5) is 0. The predicted molar refractivity (Wildman–Crippen MR) is 84.0 cm³/mol. The van der Waals surface area contributed by atoms with Gasteiger partial charge in [-0.3, -0.25) is 0 Å². The highest BCUT2D eigenvalue weighted by molar-refractivity contribution is 6.34. The minimum atomic E-state index is 0.583. The lowest BCUT2D eigenvalue weighted by atomic mass is 9.96. The molecule has 2 aromatic carbocycles. The first-order chi connectivity index (χ1) is 8.91. The molecule has 0 saturated carbocycles. The second kappa shape index (κ2) is 5.32. The van der Waals surface area contributed by atoms with Crippen molar-refractivity contribution in [1.82, 2.24) is 0 Å². The normalized spacial score (nSPS) is 10.7. The minimum Gasteiger partial charge on any atom is -0.398 e. The average Bonchev–Trinajstić information content (AvgIpc) is 2.38. The van der Waals surface area contributed by atoms with Gasteiger partial charge in [-0.05, 0) is 48.2 Å². The summed E-state index contributed by atoms with van der Waals surface area (Å²) in [6.07, 6.45) is 0.630. The SMILES string of the molecule is Cc1ccc(N)c(Cl)c1Cc1c(C)ccc(N)c1Cl. The molecule has 4 heteroatoms. The zero-order valence-corrected chi connectivity index (χ0v) is 12.4. The maximum absolute atomic E-state index is 6.29. The first-order valence-corrected chi connectivity index (χ1v) is 6.74. The van der Waals surface area contributed by atoms with Crippen molar-refractivity contribution in [2.75, 3.05) is 11.5 Å². The van der Waals surface area contributed by atoms with Crippen LogP contribution < -0.4 is 11.5 Å². The summed E-state index contributed by atoms with van der Waals surface area (Å²) in [5, 5.41) is 1.19. The molecule has 0 radical (unpaired) electrons. The Morgan fingerprint density at radius 2 is 1.16 bits per heavy atom. The molecule has 0 aliphatic heterocycles. The molecule has 0 aromatic heterocycles. The Labute approximate surface area is 123 Å². The molecule has 19 heavy (non-hydrogen) atoms. The van der Waals surface area contributed by atoms with E-state index in [1.807, 2.05) is 38.1 Å². The van der Waals surface area contributed by atoms with Gasteiger partial charge in [-0.25, -0.2) is 0 Å². The standard InChI is InChI=1S/C15H16Cl2N2/c1-8-3-5-12(18)14(16)10(8)7-11-9(2)4-6-13(19)15(11)17/h3-6H,7,18-19H2,1-2H3. The van der Waals surface area contributed by atoms with E-state index in [1.54, 1.807) is 0 Å². The third-order valence-electron chi connectivity index (χ3n) is 3.37. The number of benzene rings is 2. The Kier molecular flexibility index (Phi) is 3.93. The first-order valence-electron chi connectivity index (χ1n) is 5.98. The van der Waals surface area contributed by atoms with E-state index in [0.717, 1.165) is 22.3 Å². The van der Waals surface area contributed by atoms with E-state index < -0.39 is 0 Å². The van der Waals surface area contributed by atoms with Crippen LogP contribution in [0.1, 0.15) is 22.3 Å². The van der Waals surface area contributed by atoms with Crippen molar-refractivity contribution in [3.8, 4) is 0 Å². The van der Waals surface area contributed by atoms with Gasteiger partial charge < -0.3 is 11.5 Å². The number of nitrogen functional groups attached to an aromatic ring is 2. The van der Waals surface area contributed by atoms with Gasteiger partial charge in [-0.15, -0.1) is 0 Å². The Bertz CT molecular complexity index is 581. The van der Waals surface area contributed by atoms with Crippen LogP contribution in [0.4, 0.5) is 11.4 Å². The lowest BCUT2D eigenvalue weighted by molar-refractivity contribution is 1.13. The maximum Gasteiger partial charge on any atom is 0.0673 e. The van der Waals surface area contributed by atoms with Gasteiger partial charge in [0.2, 0.25) is 0 Å². The molecule has 0 heterocycles. The largest absolute Gasteiger partial charge is 0.398 e. The van der Waals surface area contributed by atoms with E-state index in [1.165, 1.54) is 0 Å². The highest BCUT2D eigenvalue weighted by Gasteiger charge is 2.13. The van der Waals surface area contributed by atoms with Gasteiger partial charge in [0.05, 0.1) is 21.4 Å². The van der Waals surface area contributed by atoms with Crippen molar-refractivity contribution in [3.63, 3.8) is 0 Å². The van der Waals surface area contributed by atoms with E-state index >= 15 is 0 Å². The van der Waals surface area contributed by atoms with Crippen LogP contribution in [-0.2, 0) is 6.42 Å². The summed E-state index contributed by atoms with van der Waals surface area (Å²) in [5.74, 6) is 0. The van der Waals surface area contributed by atoms with Gasteiger partial charge in [0.15, 0.2) is 0 Å². The van der Waals surface area contributed by atoms with Crippen LogP contribution in [0.2, 0.25) is 10.0 Å². The van der Waals surface area contributed by atoms with E-state index in [-0.39, 0.29) is 0 Å². The Hall–Kier alpha value is -1.38. The average molecular weight is 295 g/mol. The molecule has 0 amide bonds. The van der Waals surface area contributed by atoms with Crippen LogP contribution in [0, 0.1) is 13.8 Å². The first kappa shape index (κ1) is 14.0. The fourth-order valence-electron chi connectivity index (χ4n) is 2.08. The Balaban J connectivity index is 2.54. The van der Waals surface area contributed by atoms with Gasteiger partial charge in [-0.1, -0.05) is 35.3 Å². The third-order valence-corrected chi connectivity index (χ3v) is 4.26. The van der Waals surface area contributed by atoms with Crippen LogP contribution >= 0.6 is 23.2 Å². The number of halogens is 2. The maximum atomic E-state index is 6.29. The van der Waals surface area contributed by atoms with Crippen molar-refractivity contribution in [1.29, 1.82) is 0 Å². The second-order valence-electron chi connectivity index (χ2n) is 4.71. The summed E-state index contributed by atoms with van der Waals surface area (Å²) >= 11 is 12.6. The monoisotopic (exact) mass is 294 g/mol. The fraction of sp³-hybridized carbons (Fsp3) is 0.200. The smallest absolute Gasteiger partial charge is 0.0673 e. The van der Waals surface area contributed by atoms with Crippen LogP contribution in [0.3, 0.4) is 0 Å². The quantitative estimate of drug-likeness (QED) is 0.808. The summed E-state index contributed by atoms with van der Waals surface area (Å²) < 4.78 is 0. The highest BCUT2D eigenvalue weighted by Crippen LogP contribution is 2.33. The lowest BCUT2D eigenvalue weighted by Gasteiger charge is -2.14. The summed E-state index contributed by atoms with van der Waals surface area (Å²) in [7, 11) is 0. The van der Waals surface area contributed by atoms with E-state index in [2.05, 4.69) is 0 Å². The van der Waals surface area contributed by atoms with Crippen LogP contribution in [-0.4, -0.2) is 0 Å². The molecular formula is C15H16Cl2N2. The van der Waals surface area contributed by atoms with Gasteiger partial charge in [-0.2, -0.15) is 0 Å². The highest BCUT2D eigenvalue weighted by atomic mass is 35.5. The molecule has 0 spiro atoms. The lowest BCUT2D eigenvalue weighted by Crippen LogP contribution is -2.01. The molecule has 0 unspecified atom stereocenters. The number of hydrogen-bond acceptors (Lipinski definition) is 2. The van der Waals surface area contributed by atoms with Gasteiger partial charge in [0, 0.05) is 6.42 Å². The van der Waals surface area contributed by atoms with Crippen LogP contribution in [0.15, 0.2) is 24.3 Å². The van der Waals surface area contributed by atoms with Crippen molar-refractivity contribution in [2.45, 2.75) is 20.3 Å². The number of hydrogen-bond donors (Lipinski definition) is 2. The van der Waals surface area contributed by atoms with E-state index in [9.17, 15) is 0 Å². The van der Waals surface area contributed by atoms with Crippen molar-refractivity contribution < 1.29 is 0 Å². The molecular weight excluding hydrogens is 279 g/mol. The van der Waals surface area contributed by atoms with E-state index in [4.69, 9.17) is 34.7 Å². The zero-order chi connectivity index (χ0) is 14.2. The van der Waals surface area contributed by atoms with E-state index in [0.29, 0.717) is 27.8 Å². The Morgan fingerprint density at radius 1 is 0.789 bits per heavy atom. The van der Waals surface area contributed by atoms with Gasteiger partial charge in [0.1, 0.15) is 0 Å². The molecule has 0 atom stereocenters. The van der Waals surface area contributed by atoms with Gasteiger partial charge >= 0.3 is 0 Å². The second-order valence-corrected chi connectivity index (χ2v) is 5.46. The summed E-state index contributed by atoms with van der Waals surface area (Å²) in [5.41, 5.74) is 17.1. The molecule has 4 N–H and O–H groups in total. The molecule has 100 valence electrons. The summed E-state index contributed by atoms with van der Waals surface area (Å²) in [6, 6.07) is 7.56. The molecule has 0 bridgehead atoms. The molecule has 0 aliphatic rings. The zero-order valence-electron chi connectivity index (χ0n) is 10.9. The van der Waals surface area contributed by atoms with Crippen LogP contribution in [0.25, 0.3) is 0 Å². The number of anilines is 2. The third kappa shape index (κ3) is 2.65. The van der Waals surface area contributed by atoms with Crippen molar-refractivity contribution in [2.24, 2.45) is 0 Å². The number of aryl methyl sites for hydroxylation is 2. The number of nitrogens with two attached hydrogens (primary N) is 2. The number of rotatable bonds is 2. The van der Waals surface area contributed by atoms with Gasteiger partial charge in [0.25, 0.3) is 0 Å². The molecule has 2 nitrogen and oxygen atoms in total. The van der Waals surface area contributed by atoms with Crippen molar-refractivity contribution in [3.05, 3.63) is 56.6 Å². The minimum absolute atomic E-state index is 0.583.